The van der Waals surface area contributed by atoms with E-state index in [4.69, 9.17) is 17.3 Å². The Morgan fingerprint density at radius 2 is 1.94 bits per heavy atom. The average Bonchev–Trinajstić information content (AvgIpc) is 2.36. The van der Waals surface area contributed by atoms with Crippen LogP contribution in [0.2, 0.25) is 5.15 Å². The fraction of sp³-hybridized carbons (Fsp3) is 0.0833. The van der Waals surface area contributed by atoms with Gasteiger partial charge in [-0.25, -0.2) is 9.97 Å². The van der Waals surface area contributed by atoms with E-state index < -0.39 is 0 Å². The third-order valence-electron chi connectivity index (χ3n) is 2.39. The summed E-state index contributed by atoms with van der Waals surface area (Å²) in [5.41, 5.74) is 7.43. The molecule has 18 heavy (non-hydrogen) atoms. The van der Waals surface area contributed by atoms with Crippen molar-refractivity contribution in [3.8, 4) is 0 Å². The summed E-state index contributed by atoms with van der Waals surface area (Å²) in [4.78, 5) is 18.9. The number of benzene rings is 1. The summed E-state index contributed by atoms with van der Waals surface area (Å²) in [5, 5.41) is 3.21. The highest BCUT2D eigenvalue weighted by atomic mass is 35.5. The number of aromatic nitrogens is 2. The van der Waals surface area contributed by atoms with Crippen molar-refractivity contribution in [2.24, 2.45) is 0 Å². The molecule has 6 heteroatoms. The zero-order chi connectivity index (χ0) is 13.1. The normalized spacial score (nSPS) is 10.1. The standard InChI is InChI=1S/C12H11ClN4O/c1-7(18)8-2-4-9(5-3-8)17-12-10(14)11(13)15-6-16-12/h2-6H,14H2,1H3,(H,15,16,17). The van der Waals surface area contributed by atoms with Crippen LogP contribution in [0.15, 0.2) is 30.6 Å². The minimum absolute atomic E-state index is 0.0196. The second-order valence-corrected chi connectivity index (χ2v) is 4.04. The van der Waals surface area contributed by atoms with Gasteiger partial charge in [0.15, 0.2) is 16.8 Å². The van der Waals surface area contributed by atoms with Crippen molar-refractivity contribution in [1.82, 2.24) is 9.97 Å². The Hall–Kier alpha value is -2.14. The first kappa shape index (κ1) is 12.3. The number of carbonyl (C=O) groups excluding carboxylic acids is 1. The predicted octanol–water partition coefficient (Wildman–Crippen LogP) is 2.66. The molecule has 1 aromatic heterocycles. The number of carbonyl (C=O) groups is 1. The van der Waals surface area contributed by atoms with Gasteiger partial charge < -0.3 is 11.1 Å². The molecule has 5 nitrogen and oxygen atoms in total. The molecule has 0 fully saturated rings. The highest BCUT2D eigenvalue weighted by Gasteiger charge is 2.06. The van der Waals surface area contributed by atoms with E-state index in [1.54, 1.807) is 24.3 Å². The van der Waals surface area contributed by atoms with E-state index in [1.807, 2.05) is 0 Å². The maximum Gasteiger partial charge on any atom is 0.159 e. The van der Waals surface area contributed by atoms with Gasteiger partial charge in [-0.05, 0) is 31.2 Å². The van der Waals surface area contributed by atoms with Crippen molar-refractivity contribution in [2.75, 3.05) is 11.1 Å². The van der Waals surface area contributed by atoms with Gasteiger partial charge in [-0.2, -0.15) is 0 Å². The molecule has 92 valence electrons. The Morgan fingerprint density at radius 1 is 1.28 bits per heavy atom. The van der Waals surface area contributed by atoms with Crippen molar-refractivity contribution in [3.63, 3.8) is 0 Å². The molecule has 3 N–H and O–H groups in total. The molecule has 0 aliphatic rings. The van der Waals surface area contributed by atoms with Gasteiger partial charge in [-0.15, -0.1) is 0 Å². The molecule has 0 amide bonds. The number of nitrogens with two attached hydrogens (primary N) is 1. The van der Waals surface area contributed by atoms with Crippen molar-refractivity contribution in [1.29, 1.82) is 0 Å². The number of ketones is 1. The highest BCUT2D eigenvalue weighted by Crippen LogP contribution is 2.25. The Kier molecular flexibility index (Phi) is 3.43. The van der Waals surface area contributed by atoms with Gasteiger partial charge in [0, 0.05) is 11.3 Å². The monoisotopic (exact) mass is 262 g/mol. The number of hydrogen-bond acceptors (Lipinski definition) is 5. The summed E-state index contributed by atoms with van der Waals surface area (Å²) in [6.45, 7) is 1.52. The summed E-state index contributed by atoms with van der Waals surface area (Å²) in [7, 11) is 0. The van der Waals surface area contributed by atoms with E-state index in [1.165, 1.54) is 13.3 Å². The Balaban J connectivity index is 2.24. The molecule has 0 bridgehead atoms. The van der Waals surface area contributed by atoms with Crippen molar-refractivity contribution < 1.29 is 4.79 Å². The summed E-state index contributed by atoms with van der Waals surface area (Å²) < 4.78 is 0. The molecule has 0 spiro atoms. The number of nitrogens with zero attached hydrogens (tertiary/aromatic N) is 2. The van der Waals surface area contributed by atoms with Gasteiger partial charge in [0.1, 0.15) is 12.0 Å². The molecule has 1 aromatic carbocycles. The molecule has 2 aromatic rings. The molecular weight excluding hydrogens is 252 g/mol. The lowest BCUT2D eigenvalue weighted by atomic mass is 10.1. The van der Waals surface area contributed by atoms with Crippen LogP contribution >= 0.6 is 11.6 Å². The third-order valence-corrected chi connectivity index (χ3v) is 2.69. The van der Waals surface area contributed by atoms with E-state index in [-0.39, 0.29) is 16.6 Å². The minimum Gasteiger partial charge on any atom is -0.393 e. The predicted molar refractivity (Wildman–Crippen MR) is 71.2 cm³/mol. The lowest BCUT2D eigenvalue weighted by molar-refractivity contribution is 0.101. The fourth-order valence-corrected chi connectivity index (χ4v) is 1.53. The minimum atomic E-state index is 0.0196. The van der Waals surface area contributed by atoms with Gasteiger partial charge in [0.2, 0.25) is 0 Å². The van der Waals surface area contributed by atoms with Crippen LogP contribution in [0.1, 0.15) is 17.3 Å². The number of hydrogen-bond donors (Lipinski definition) is 2. The van der Waals surface area contributed by atoms with Crippen LogP contribution in [-0.2, 0) is 0 Å². The smallest absolute Gasteiger partial charge is 0.159 e. The summed E-state index contributed by atoms with van der Waals surface area (Å²) >= 11 is 5.79. The lowest BCUT2D eigenvalue weighted by Gasteiger charge is -2.08. The zero-order valence-corrected chi connectivity index (χ0v) is 10.4. The number of nitrogens with one attached hydrogen (secondary N) is 1. The lowest BCUT2D eigenvalue weighted by Crippen LogP contribution is -2.01. The Labute approximate surface area is 109 Å². The zero-order valence-electron chi connectivity index (χ0n) is 9.64. The Morgan fingerprint density at radius 3 is 2.56 bits per heavy atom. The molecule has 2 rings (SSSR count). The molecular formula is C12H11ClN4O. The largest absolute Gasteiger partial charge is 0.393 e. The van der Waals surface area contributed by atoms with Crippen LogP contribution in [-0.4, -0.2) is 15.8 Å². The molecule has 1 heterocycles. The molecule has 0 saturated heterocycles. The highest BCUT2D eigenvalue weighted by molar-refractivity contribution is 6.32. The number of halogens is 1. The third kappa shape index (κ3) is 2.57. The first-order chi connectivity index (χ1) is 8.58. The fourth-order valence-electron chi connectivity index (χ4n) is 1.40. The molecule has 0 radical (unpaired) electrons. The van der Waals surface area contributed by atoms with Crippen molar-refractivity contribution in [3.05, 3.63) is 41.3 Å². The van der Waals surface area contributed by atoms with Gasteiger partial charge in [0.05, 0.1) is 0 Å². The summed E-state index contributed by atoms with van der Waals surface area (Å²) in [5.74, 6) is 0.455. The van der Waals surface area contributed by atoms with Gasteiger partial charge in [0.25, 0.3) is 0 Å². The van der Waals surface area contributed by atoms with Gasteiger partial charge in [-0.1, -0.05) is 11.6 Å². The Bertz CT molecular complexity index is 583. The number of nitrogen functional groups attached to an aromatic ring is 1. The molecule has 0 aliphatic heterocycles. The maximum absolute atomic E-state index is 11.1. The average molecular weight is 263 g/mol. The molecule has 0 atom stereocenters. The second kappa shape index (κ2) is 5.01. The van der Waals surface area contributed by atoms with Crippen LogP contribution < -0.4 is 11.1 Å². The van der Waals surface area contributed by atoms with Gasteiger partial charge in [-0.3, -0.25) is 4.79 Å². The molecule has 0 aliphatic carbocycles. The van der Waals surface area contributed by atoms with E-state index in [2.05, 4.69) is 15.3 Å². The van der Waals surface area contributed by atoms with Crippen molar-refractivity contribution in [2.45, 2.75) is 6.92 Å². The second-order valence-electron chi connectivity index (χ2n) is 3.69. The first-order valence-electron chi connectivity index (χ1n) is 5.22. The van der Waals surface area contributed by atoms with Crippen LogP contribution in [0.3, 0.4) is 0 Å². The summed E-state index contributed by atoms with van der Waals surface area (Å²) in [6.07, 6.45) is 1.32. The van der Waals surface area contributed by atoms with Gasteiger partial charge >= 0.3 is 0 Å². The summed E-state index contributed by atoms with van der Waals surface area (Å²) in [6, 6.07) is 6.99. The van der Waals surface area contributed by atoms with E-state index in [0.717, 1.165) is 5.69 Å². The SMILES string of the molecule is CC(=O)c1ccc(Nc2ncnc(Cl)c2N)cc1. The van der Waals surface area contributed by atoms with Crippen LogP contribution in [0, 0.1) is 0 Å². The number of Topliss-reactive ketones (excluding diaryl/α,β-unsaturated/α-hetero) is 1. The topological polar surface area (TPSA) is 80.9 Å². The number of anilines is 3. The van der Waals surface area contributed by atoms with Crippen molar-refractivity contribution >= 4 is 34.6 Å². The van der Waals surface area contributed by atoms with E-state index in [0.29, 0.717) is 11.4 Å². The van der Waals surface area contributed by atoms with Crippen LogP contribution in [0.25, 0.3) is 0 Å². The van der Waals surface area contributed by atoms with E-state index in [9.17, 15) is 4.79 Å². The van der Waals surface area contributed by atoms with Crippen LogP contribution in [0.4, 0.5) is 17.2 Å². The molecule has 0 unspecified atom stereocenters. The maximum atomic E-state index is 11.1. The molecule has 0 saturated carbocycles. The van der Waals surface area contributed by atoms with Crippen LogP contribution in [0.5, 0.6) is 0 Å². The number of rotatable bonds is 3. The van der Waals surface area contributed by atoms with E-state index >= 15 is 0 Å². The quantitative estimate of drug-likeness (QED) is 0.656. The first-order valence-corrected chi connectivity index (χ1v) is 5.59.